The summed E-state index contributed by atoms with van der Waals surface area (Å²) in [6.07, 6.45) is 1.39. The molecule has 0 unspecified atom stereocenters. The van der Waals surface area contributed by atoms with Crippen LogP contribution in [0, 0.1) is 6.92 Å². The summed E-state index contributed by atoms with van der Waals surface area (Å²) >= 11 is 14.9. The molecule has 2 rings (SSSR count). The van der Waals surface area contributed by atoms with E-state index in [1.54, 1.807) is 0 Å². The van der Waals surface area contributed by atoms with Crippen LogP contribution in [0.4, 0.5) is 5.69 Å². The van der Waals surface area contributed by atoms with E-state index in [9.17, 15) is 4.79 Å². The number of hydrogen-bond donors (Lipinski definition) is 1. The lowest BCUT2D eigenvalue weighted by molar-refractivity contribution is 0.102. The van der Waals surface area contributed by atoms with Gasteiger partial charge in [0, 0.05) is 16.4 Å². The second kappa shape index (κ2) is 5.90. The van der Waals surface area contributed by atoms with Crippen LogP contribution in [0.1, 0.15) is 15.9 Å². The fourth-order valence-corrected chi connectivity index (χ4v) is 2.25. The first-order valence-corrected chi connectivity index (χ1v) is 6.91. The molecule has 0 saturated carbocycles. The Balaban J connectivity index is 2.23. The summed E-state index contributed by atoms with van der Waals surface area (Å²) in [6.45, 7) is 1.91. The summed E-state index contributed by atoms with van der Waals surface area (Å²) < 4.78 is 0.958. The number of amides is 1. The minimum atomic E-state index is -0.281. The van der Waals surface area contributed by atoms with Gasteiger partial charge in [0.15, 0.2) is 0 Å². The molecule has 1 aromatic carbocycles. The van der Waals surface area contributed by atoms with E-state index in [4.69, 9.17) is 23.2 Å². The van der Waals surface area contributed by atoms with Crippen LogP contribution in [-0.2, 0) is 0 Å². The average Bonchev–Trinajstić information content (AvgIpc) is 2.36. The molecule has 1 aromatic heterocycles. The van der Waals surface area contributed by atoms with Crippen LogP contribution in [0.5, 0.6) is 0 Å². The van der Waals surface area contributed by atoms with E-state index in [2.05, 4.69) is 26.2 Å². The zero-order valence-corrected chi connectivity index (χ0v) is 13.0. The molecule has 98 valence electrons. The van der Waals surface area contributed by atoms with Crippen molar-refractivity contribution in [3.8, 4) is 0 Å². The molecule has 0 fully saturated rings. The van der Waals surface area contributed by atoms with Gasteiger partial charge in [-0.2, -0.15) is 0 Å². The predicted molar refractivity (Wildman–Crippen MR) is 81.1 cm³/mol. The number of carbonyl (C=O) groups excluding carboxylic acids is 1. The highest BCUT2D eigenvalue weighted by Gasteiger charge is 2.10. The number of rotatable bonds is 2. The fourth-order valence-electron chi connectivity index (χ4n) is 1.51. The molecule has 2 aromatic rings. The molecule has 0 spiro atoms. The van der Waals surface area contributed by atoms with Crippen molar-refractivity contribution in [3.63, 3.8) is 0 Å². The number of nitrogens with one attached hydrogen (secondary N) is 1. The average molecular weight is 360 g/mol. The topological polar surface area (TPSA) is 42.0 Å². The normalized spacial score (nSPS) is 10.3. The number of halogens is 3. The Labute approximate surface area is 129 Å². The lowest BCUT2D eigenvalue weighted by atomic mass is 10.2. The highest BCUT2D eigenvalue weighted by Crippen LogP contribution is 2.22. The number of aromatic nitrogens is 1. The number of pyridine rings is 1. The Morgan fingerprint density at radius 2 is 2.05 bits per heavy atom. The van der Waals surface area contributed by atoms with Gasteiger partial charge >= 0.3 is 0 Å². The van der Waals surface area contributed by atoms with Crippen LogP contribution in [0.3, 0.4) is 0 Å². The van der Waals surface area contributed by atoms with Crippen molar-refractivity contribution in [1.82, 2.24) is 4.98 Å². The molecule has 19 heavy (non-hydrogen) atoms. The summed E-state index contributed by atoms with van der Waals surface area (Å²) in [5.41, 5.74) is 2.05. The van der Waals surface area contributed by atoms with Crippen molar-refractivity contribution in [3.05, 3.63) is 56.2 Å². The van der Waals surface area contributed by atoms with E-state index >= 15 is 0 Å². The third-order valence-corrected chi connectivity index (χ3v) is 3.67. The van der Waals surface area contributed by atoms with E-state index in [0.717, 1.165) is 15.7 Å². The second-order valence-corrected chi connectivity index (χ2v) is 5.59. The van der Waals surface area contributed by atoms with Crippen molar-refractivity contribution < 1.29 is 4.79 Å². The van der Waals surface area contributed by atoms with Crippen molar-refractivity contribution in [2.45, 2.75) is 6.92 Å². The minimum absolute atomic E-state index is 0.179. The van der Waals surface area contributed by atoms with Gasteiger partial charge < -0.3 is 5.32 Å². The van der Waals surface area contributed by atoms with Crippen molar-refractivity contribution in [2.24, 2.45) is 0 Å². The molecule has 3 nitrogen and oxygen atoms in total. The molecule has 6 heteroatoms. The van der Waals surface area contributed by atoms with Gasteiger partial charge in [0.05, 0.1) is 10.6 Å². The number of anilines is 1. The molecule has 0 radical (unpaired) electrons. The van der Waals surface area contributed by atoms with Gasteiger partial charge in [-0.25, -0.2) is 4.98 Å². The van der Waals surface area contributed by atoms with Gasteiger partial charge in [0.1, 0.15) is 5.15 Å². The standard InChI is InChI=1S/C13H9BrCl2N2O/c1-7-4-9(14)2-3-11(7)18-13(19)8-5-10(15)12(16)17-6-8/h2-6H,1H3,(H,18,19). The Morgan fingerprint density at radius 3 is 2.68 bits per heavy atom. The lowest BCUT2D eigenvalue weighted by Gasteiger charge is -2.09. The maximum absolute atomic E-state index is 12.1. The van der Waals surface area contributed by atoms with Crippen molar-refractivity contribution in [1.29, 1.82) is 0 Å². The van der Waals surface area contributed by atoms with Crippen LogP contribution in [0.2, 0.25) is 10.2 Å². The zero-order chi connectivity index (χ0) is 14.0. The summed E-state index contributed by atoms with van der Waals surface area (Å²) in [5, 5.41) is 3.23. The van der Waals surface area contributed by atoms with Crippen LogP contribution >= 0.6 is 39.1 Å². The summed E-state index contributed by atoms with van der Waals surface area (Å²) in [4.78, 5) is 15.9. The van der Waals surface area contributed by atoms with Gasteiger partial charge in [-0.05, 0) is 36.8 Å². The molecule has 0 atom stereocenters. The van der Waals surface area contributed by atoms with E-state index < -0.39 is 0 Å². The van der Waals surface area contributed by atoms with Gasteiger partial charge in [-0.15, -0.1) is 0 Å². The maximum atomic E-state index is 12.1. The first kappa shape index (κ1) is 14.3. The van der Waals surface area contributed by atoms with Gasteiger partial charge in [0.2, 0.25) is 0 Å². The van der Waals surface area contributed by atoms with E-state index in [1.807, 2.05) is 25.1 Å². The highest BCUT2D eigenvalue weighted by atomic mass is 79.9. The van der Waals surface area contributed by atoms with E-state index in [1.165, 1.54) is 12.3 Å². The molecule has 1 amide bonds. The Hall–Kier alpha value is -1.10. The van der Waals surface area contributed by atoms with Crippen LogP contribution in [0.25, 0.3) is 0 Å². The molecular formula is C13H9BrCl2N2O. The summed E-state index contributed by atoms with van der Waals surface area (Å²) in [6, 6.07) is 7.08. The first-order chi connectivity index (χ1) is 8.97. The van der Waals surface area contributed by atoms with Gasteiger partial charge in [-0.1, -0.05) is 39.1 Å². The van der Waals surface area contributed by atoms with Crippen molar-refractivity contribution in [2.75, 3.05) is 5.32 Å². The molecule has 0 aliphatic carbocycles. The number of benzene rings is 1. The quantitative estimate of drug-likeness (QED) is 0.789. The molecule has 0 aliphatic heterocycles. The Kier molecular flexibility index (Phi) is 4.45. The van der Waals surface area contributed by atoms with E-state index in [0.29, 0.717) is 5.56 Å². The molecular weight excluding hydrogens is 351 g/mol. The number of carbonyl (C=O) groups is 1. The van der Waals surface area contributed by atoms with Gasteiger partial charge in [0.25, 0.3) is 5.91 Å². The smallest absolute Gasteiger partial charge is 0.257 e. The van der Waals surface area contributed by atoms with Gasteiger partial charge in [-0.3, -0.25) is 4.79 Å². The Bertz CT molecular complexity index is 647. The largest absolute Gasteiger partial charge is 0.322 e. The zero-order valence-electron chi connectivity index (χ0n) is 9.88. The number of hydrogen-bond acceptors (Lipinski definition) is 2. The van der Waals surface area contributed by atoms with E-state index in [-0.39, 0.29) is 16.1 Å². The summed E-state index contributed by atoms with van der Waals surface area (Å²) in [7, 11) is 0. The minimum Gasteiger partial charge on any atom is -0.322 e. The van der Waals surface area contributed by atoms with Crippen LogP contribution in [0.15, 0.2) is 34.9 Å². The third-order valence-electron chi connectivity index (χ3n) is 2.50. The SMILES string of the molecule is Cc1cc(Br)ccc1NC(=O)c1cnc(Cl)c(Cl)c1. The van der Waals surface area contributed by atoms with Crippen LogP contribution in [-0.4, -0.2) is 10.9 Å². The lowest BCUT2D eigenvalue weighted by Crippen LogP contribution is -2.13. The van der Waals surface area contributed by atoms with Crippen molar-refractivity contribution >= 4 is 50.7 Å². The Morgan fingerprint density at radius 1 is 1.32 bits per heavy atom. The molecule has 0 saturated heterocycles. The molecule has 0 aliphatic rings. The highest BCUT2D eigenvalue weighted by molar-refractivity contribution is 9.10. The third kappa shape index (κ3) is 3.47. The second-order valence-electron chi connectivity index (χ2n) is 3.91. The predicted octanol–water partition coefficient (Wildman–Crippen LogP) is 4.71. The fraction of sp³-hybridized carbons (Fsp3) is 0.0769. The molecule has 1 heterocycles. The van der Waals surface area contributed by atoms with Crippen LogP contribution < -0.4 is 5.32 Å². The first-order valence-electron chi connectivity index (χ1n) is 5.36. The number of nitrogens with zero attached hydrogens (tertiary/aromatic N) is 1. The number of aryl methyl sites for hydroxylation is 1. The molecule has 1 N–H and O–H groups in total. The molecule has 0 bridgehead atoms. The maximum Gasteiger partial charge on any atom is 0.257 e. The summed E-state index contributed by atoms with van der Waals surface area (Å²) in [5.74, 6) is -0.281. The monoisotopic (exact) mass is 358 g/mol.